The van der Waals surface area contributed by atoms with Crippen molar-refractivity contribution in [1.82, 2.24) is 4.31 Å². The third-order valence-corrected chi connectivity index (χ3v) is 4.74. The van der Waals surface area contributed by atoms with E-state index in [2.05, 4.69) is 0 Å². The molecule has 1 fully saturated rings. The van der Waals surface area contributed by atoms with Gasteiger partial charge in [0, 0.05) is 13.1 Å². The van der Waals surface area contributed by atoms with Crippen LogP contribution in [0.1, 0.15) is 11.1 Å². The van der Waals surface area contributed by atoms with E-state index < -0.39 is 16.1 Å². The van der Waals surface area contributed by atoms with Crippen LogP contribution in [0.5, 0.6) is 0 Å². The highest BCUT2D eigenvalue weighted by molar-refractivity contribution is 7.89. The maximum absolute atomic E-state index is 12.1. The molecule has 2 rings (SSSR count). The average Bonchev–Trinajstić information content (AvgIpc) is 2.24. The number of hydrogen-bond donors (Lipinski definition) is 1. The molecule has 0 aromatic heterocycles. The van der Waals surface area contributed by atoms with Gasteiger partial charge in [0.05, 0.1) is 22.6 Å². The summed E-state index contributed by atoms with van der Waals surface area (Å²) in [6.07, 6.45) is -0.566. The Morgan fingerprint density at radius 3 is 2.59 bits per heavy atom. The molecular formula is C11H12N2O3S. The molecule has 17 heavy (non-hydrogen) atoms. The van der Waals surface area contributed by atoms with E-state index in [1.807, 2.05) is 6.07 Å². The van der Waals surface area contributed by atoms with Crippen molar-refractivity contribution in [2.75, 3.05) is 13.1 Å². The second kappa shape index (κ2) is 4.11. The quantitative estimate of drug-likeness (QED) is 0.817. The zero-order valence-electron chi connectivity index (χ0n) is 9.29. The molecule has 6 heteroatoms. The second-order valence-electron chi connectivity index (χ2n) is 4.07. The van der Waals surface area contributed by atoms with Gasteiger partial charge in [-0.25, -0.2) is 8.42 Å². The predicted molar refractivity (Wildman–Crippen MR) is 60.7 cm³/mol. The van der Waals surface area contributed by atoms with Crippen molar-refractivity contribution in [3.05, 3.63) is 29.3 Å². The molecule has 1 aromatic rings. The Kier molecular flexibility index (Phi) is 2.91. The van der Waals surface area contributed by atoms with Gasteiger partial charge in [-0.3, -0.25) is 0 Å². The molecular weight excluding hydrogens is 240 g/mol. The molecule has 5 nitrogen and oxygen atoms in total. The number of benzene rings is 1. The van der Waals surface area contributed by atoms with Gasteiger partial charge in [-0.2, -0.15) is 9.57 Å². The molecule has 0 unspecified atom stereocenters. The van der Waals surface area contributed by atoms with Crippen molar-refractivity contribution in [1.29, 1.82) is 5.26 Å². The van der Waals surface area contributed by atoms with Crippen molar-refractivity contribution >= 4 is 10.0 Å². The minimum Gasteiger partial charge on any atom is -0.390 e. The summed E-state index contributed by atoms with van der Waals surface area (Å²) in [4.78, 5) is 0.198. The highest BCUT2D eigenvalue weighted by Gasteiger charge is 2.36. The van der Waals surface area contributed by atoms with Gasteiger partial charge in [0.25, 0.3) is 0 Å². The van der Waals surface area contributed by atoms with Crippen molar-refractivity contribution in [3.63, 3.8) is 0 Å². The summed E-state index contributed by atoms with van der Waals surface area (Å²) in [5.41, 5.74) is 0.982. The van der Waals surface area contributed by atoms with Gasteiger partial charge >= 0.3 is 0 Å². The fraction of sp³-hybridized carbons (Fsp3) is 0.364. The number of aliphatic hydroxyl groups excluding tert-OH is 1. The van der Waals surface area contributed by atoms with E-state index >= 15 is 0 Å². The van der Waals surface area contributed by atoms with E-state index in [1.54, 1.807) is 13.0 Å². The molecule has 1 aromatic carbocycles. The molecule has 0 radical (unpaired) electrons. The number of hydrogen-bond acceptors (Lipinski definition) is 4. The monoisotopic (exact) mass is 252 g/mol. The molecule has 0 spiro atoms. The van der Waals surface area contributed by atoms with E-state index in [9.17, 15) is 8.42 Å². The second-order valence-corrected chi connectivity index (χ2v) is 5.97. The van der Waals surface area contributed by atoms with Gasteiger partial charge in [-0.1, -0.05) is 0 Å². The molecule has 1 aliphatic rings. The Morgan fingerprint density at radius 1 is 1.47 bits per heavy atom. The molecule has 0 bridgehead atoms. The van der Waals surface area contributed by atoms with Crippen LogP contribution in [-0.2, 0) is 10.0 Å². The lowest BCUT2D eigenvalue weighted by molar-refractivity contribution is 0.0547. The summed E-state index contributed by atoms with van der Waals surface area (Å²) < 4.78 is 25.5. The van der Waals surface area contributed by atoms with E-state index in [-0.39, 0.29) is 18.0 Å². The van der Waals surface area contributed by atoms with Gasteiger partial charge < -0.3 is 5.11 Å². The Labute approximate surface area is 100.0 Å². The van der Waals surface area contributed by atoms with Crippen molar-refractivity contribution < 1.29 is 13.5 Å². The number of aryl methyl sites for hydroxylation is 1. The number of nitriles is 1. The van der Waals surface area contributed by atoms with Gasteiger partial charge in [0.15, 0.2) is 0 Å². The van der Waals surface area contributed by atoms with Gasteiger partial charge in [-0.05, 0) is 30.7 Å². The largest absolute Gasteiger partial charge is 0.390 e. The fourth-order valence-electron chi connectivity index (χ4n) is 1.76. The molecule has 1 N–H and O–H groups in total. The van der Waals surface area contributed by atoms with Crippen LogP contribution in [0.4, 0.5) is 0 Å². The maximum atomic E-state index is 12.1. The van der Waals surface area contributed by atoms with E-state index in [1.165, 1.54) is 16.4 Å². The number of rotatable bonds is 2. The molecule has 0 atom stereocenters. The van der Waals surface area contributed by atoms with Crippen LogP contribution in [0, 0.1) is 18.3 Å². The first-order chi connectivity index (χ1) is 7.95. The first-order valence-electron chi connectivity index (χ1n) is 5.14. The number of β-amino-alcohol motifs (C(OH)–C–C–N with tert-alkyl or cyclic N) is 1. The lowest BCUT2D eigenvalue weighted by atomic mass is 10.2. The topological polar surface area (TPSA) is 81.4 Å². The summed E-state index contributed by atoms with van der Waals surface area (Å²) >= 11 is 0. The van der Waals surface area contributed by atoms with Crippen LogP contribution in [0.15, 0.2) is 23.1 Å². The summed E-state index contributed by atoms with van der Waals surface area (Å²) in [7, 11) is -3.53. The van der Waals surface area contributed by atoms with Crippen molar-refractivity contribution in [2.45, 2.75) is 17.9 Å². The molecule has 0 amide bonds. The minimum absolute atomic E-state index is 0.141. The summed E-state index contributed by atoms with van der Waals surface area (Å²) in [5, 5.41) is 17.8. The number of nitrogens with zero attached hydrogens (tertiary/aromatic N) is 2. The molecule has 1 heterocycles. The Balaban J connectivity index is 2.38. The normalized spacial score (nSPS) is 17.5. The molecule has 1 aliphatic heterocycles. The smallest absolute Gasteiger partial charge is 0.243 e. The lowest BCUT2D eigenvalue weighted by Gasteiger charge is -2.34. The zero-order chi connectivity index (χ0) is 12.6. The molecule has 1 saturated heterocycles. The Bertz CT molecular complexity index is 583. The molecule has 90 valence electrons. The minimum atomic E-state index is -3.53. The average molecular weight is 252 g/mol. The Hall–Kier alpha value is -1.42. The molecule has 0 saturated carbocycles. The summed E-state index contributed by atoms with van der Waals surface area (Å²) in [5.74, 6) is 0. The Morgan fingerprint density at radius 2 is 2.12 bits per heavy atom. The van der Waals surface area contributed by atoms with E-state index in [0.29, 0.717) is 11.1 Å². The predicted octanol–water partition coefficient (Wildman–Crippen LogP) is 0.232. The third kappa shape index (κ3) is 2.05. The van der Waals surface area contributed by atoms with Crippen molar-refractivity contribution in [3.8, 4) is 6.07 Å². The number of aliphatic hydroxyl groups is 1. The first-order valence-corrected chi connectivity index (χ1v) is 6.58. The maximum Gasteiger partial charge on any atom is 0.243 e. The third-order valence-electron chi connectivity index (χ3n) is 2.75. The number of sulfonamides is 1. The van der Waals surface area contributed by atoms with Crippen LogP contribution < -0.4 is 0 Å². The first kappa shape index (κ1) is 12.0. The fourth-order valence-corrected chi connectivity index (χ4v) is 3.48. The van der Waals surface area contributed by atoms with E-state index in [0.717, 1.165) is 0 Å². The highest BCUT2D eigenvalue weighted by atomic mass is 32.2. The van der Waals surface area contributed by atoms with Crippen LogP contribution in [-0.4, -0.2) is 37.0 Å². The van der Waals surface area contributed by atoms with Crippen LogP contribution in [0.2, 0.25) is 0 Å². The summed E-state index contributed by atoms with van der Waals surface area (Å²) in [6, 6.07) is 6.43. The van der Waals surface area contributed by atoms with Gasteiger partial charge in [0.1, 0.15) is 0 Å². The summed E-state index contributed by atoms with van der Waals surface area (Å²) in [6.45, 7) is 1.94. The molecule has 0 aliphatic carbocycles. The highest BCUT2D eigenvalue weighted by Crippen LogP contribution is 2.24. The van der Waals surface area contributed by atoms with Crippen molar-refractivity contribution in [2.24, 2.45) is 0 Å². The van der Waals surface area contributed by atoms with Gasteiger partial charge in [-0.15, -0.1) is 0 Å². The van der Waals surface area contributed by atoms with Gasteiger partial charge in [0.2, 0.25) is 10.0 Å². The SMILES string of the molecule is Cc1cc(C#N)ccc1S(=O)(=O)N1CC(O)C1. The van der Waals surface area contributed by atoms with Crippen LogP contribution in [0.25, 0.3) is 0 Å². The zero-order valence-corrected chi connectivity index (χ0v) is 10.1. The lowest BCUT2D eigenvalue weighted by Crippen LogP contribution is -2.53. The van der Waals surface area contributed by atoms with E-state index in [4.69, 9.17) is 10.4 Å². The standard InChI is InChI=1S/C11H12N2O3S/c1-8-4-9(5-12)2-3-11(8)17(15,16)13-6-10(14)7-13/h2-4,10,14H,6-7H2,1H3. The van der Waals surface area contributed by atoms with Crippen LogP contribution >= 0.6 is 0 Å². The van der Waals surface area contributed by atoms with Crippen LogP contribution in [0.3, 0.4) is 0 Å².